The van der Waals surface area contributed by atoms with E-state index in [4.69, 9.17) is 35.3 Å². The van der Waals surface area contributed by atoms with E-state index in [0.29, 0.717) is 44.9 Å². The van der Waals surface area contributed by atoms with Gasteiger partial charge in [0.1, 0.15) is 0 Å². The molecule has 1 fully saturated rings. The Kier molecular flexibility index (Phi) is 5.88. The van der Waals surface area contributed by atoms with Crippen molar-refractivity contribution in [2.75, 3.05) is 28.1 Å². The number of amides is 2. The molecule has 0 aliphatic carbocycles. The van der Waals surface area contributed by atoms with Gasteiger partial charge in [0.25, 0.3) is 11.1 Å². The normalized spacial score (nSPS) is 16.3. The van der Waals surface area contributed by atoms with Crippen molar-refractivity contribution in [3.63, 3.8) is 0 Å². The molecule has 0 unspecified atom stereocenters. The van der Waals surface area contributed by atoms with E-state index in [-0.39, 0.29) is 18.2 Å². The summed E-state index contributed by atoms with van der Waals surface area (Å²) in [7, 11) is 4.51. The molecule has 31 heavy (non-hydrogen) atoms. The highest BCUT2D eigenvalue weighted by molar-refractivity contribution is 8.18. The number of ether oxygens (including phenoxy) is 5. The molecule has 2 amide bonds. The Balaban J connectivity index is 1.61. The van der Waals surface area contributed by atoms with Crippen molar-refractivity contribution in [3.05, 3.63) is 45.3 Å². The number of imide groups is 1. The maximum atomic E-state index is 12.9. The zero-order chi connectivity index (χ0) is 22.1. The first-order valence-corrected chi connectivity index (χ1v) is 10.3. The fraction of sp³-hybridized carbons (Fsp3) is 0.238. The molecule has 0 aromatic heterocycles. The van der Waals surface area contributed by atoms with Crippen molar-refractivity contribution < 1.29 is 33.3 Å². The number of fused-ring (bicyclic) bond motifs is 1. The molecule has 0 radical (unpaired) electrons. The zero-order valence-electron chi connectivity index (χ0n) is 16.9. The molecule has 2 aliphatic heterocycles. The molecule has 1 saturated heterocycles. The van der Waals surface area contributed by atoms with Crippen molar-refractivity contribution in [1.82, 2.24) is 4.90 Å². The van der Waals surface area contributed by atoms with Crippen LogP contribution in [0.1, 0.15) is 11.1 Å². The highest BCUT2D eigenvalue weighted by atomic mass is 35.5. The molecule has 0 N–H and O–H groups in total. The molecular formula is C21H18ClNO7S. The molecule has 4 rings (SSSR count). The van der Waals surface area contributed by atoms with E-state index in [1.54, 1.807) is 30.3 Å². The van der Waals surface area contributed by atoms with Gasteiger partial charge in [0.2, 0.25) is 12.5 Å². The van der Waals surface area contributed by atoms with Gasteiger partial charge in [-0.15, -0.1) is 0 Å². The van der Waals surface area contributed by atoms with Crippen LogP contribution in [0, 0.1) is 0 Å². The molecular weight excluding hydrogens is 446 g/mol. The topological polar surface area (TPSA) is 83.5 Å². The van der Waals surface area contributed by atoms with Gasteiger partial charge in [-0.1, -0.05) is 11.6 Å². The Labute approximate surface area is 187 Å². The van der Waals surface area contributed by atoms with Gasteiger partial charge in [-0.05, 0) is 47.2 Å². The molecule has 0 atom stereocenters. The third kappa shape index (κ3) is 3.98. The Bertz CT molecular complexity index is 1080. The van der Waals surface area contributed by atoms with E-state index in [9.17, 15) is 9.59 Å². The zero-order valence-corrected chi connectivity index (χ0v) is 18.5. The van der Waals surface area contributed by atoms with Gasteiger partial charge in [-0.25, -0.2) is 0 Å². The van der Waals surface area contributed by atoms with Gasteiger partial charge < -0.3 is 23.7 Å². The summed E-state index contributed by atoms with van der Waals surface area (Å²) in [5, 5.41) is -0.00525. The second-order valence-electron chi connectivity index (χ2n) is 6.52. The van der Waals surface area contributed by atoms with Gasteiger partial charge in [0, 0.05) is 11.1 Å². The Hall–Kier alpha value is -3.04. The van der Waals surface area contributed by atoms with E-state index in [1.165, 1.54) is 21.3 Å². The summed E-state index contributed by atoms with van der Waals surface area (Å²) in [6.45, 7) is 0.126. The third-order valence-corrected chi connectivity index (χ3v) is 5.99. The maximum Gasteiger partial charge on any atom is 0.293 e. The minimum atomic E-state index is -0.419. The van der Waals surface area contributed by atoms with E-state index in [1.807, 2.05) is 0 Å². The first kappa shape index (κ1) is 21.2. The summed E-state index contributed by atoms with van der Waals surface area (Å²) in [5.74, 6) is 1.97. The number of carbonyl (C=O) groups is 2. The lowest BCUT2D eigenvalue weighted by Crippen LogP contribution is -2.27. The molecule has 0 bridgehead atoms. The van der Waals surface area contributed by atoms with Gasteiger partial charge in [0.05, 0.1) is 32.8 Å². The van der Waals surface area contributed by atoms with Crippen LogP contribution in [0.4, 0.5) is 4.79 Å². The molecule has 0 spiro atoms. The summed E-state index contributed by atoms with van der Waals surface area (Å²) >= 11 is 7.15. The van der Waals surface area contributed by atoms with Crippen LogP contribution in [0.25, 0.3) is 6.08 Å². The number of hydrogen-bond donors (Lipinski definition) is 0. The Morgan fingerprint density at radius 1 is 1.03 bits per heavy atom. The number of hydrogen-bond acceptors (Lipinski definition) is 8. The van der Waals surface area contributed by atoms with Crippen LogP contribution in [0.15, 0.2) is 29.2 Å². The smallest absolute Gasteiger partial charge is 0.293 e. The monoisotopic (exact) mass is 463 g/mol. The van der Waals surface area contributed by atoms with E-state index < -0.39 is 11.1 Å². The number of nitrogens with zero attached hydrogens (tertiary/aromatic N) is 1. The Morgan fingerprint density at radius 3 is 2.29 bits per heavy atom. The van der Waals surface area contributed by atoms with Crippen LogP contribution in [0.2, 0.25) is 5.02 Å². The first-order chi connectivity index (χ1) is 14.9. The van der Waals surface area contributed by atoms with Gasteiger partial charge >= 0.3 is 0 Å². The SMILES string of the molecule is COc1cc(/C=C2\SC(=O)N(Cc3cc4c(cc3Cl)OCO4)C2=O)cc(OC)c1OC. The quantitative estimate of drug-likeness (QED) is 0.585. The molecule has 2 aliphatic rings. The molecule has 8 nitrogen and oxygen atoms in total. The van der Waals surface area contributed by atoms with Crippen LogP contribution < -0.4 is 23.7 Å². The average Bonchev–Trinajstić information content (AvgIpc) is 3.32. The van der Waals surface area contributed by atoms with Crippen LogP contribution in [0.3, 0.4) is 0 Å². The third-order valence-electron chi connectivity index (χ3n) is 4.73. The van der Waals surface area contributed by atoms with E-state index >= 15 is 0 Å². The van der Waals surface area contributed by atoms with Crippen LogP contribution in [-0.4, -0.2) is 44.2 Å². The number of halogens is 1. The standard InChI is InChI=1S/C21H18ClNO7S/c1-26-16-4-11(5-17(27-2)19(16)28-3)6-18-20(24)23(21(25)31-18)9-12-7-14-15(8-13(12)22)30-10-29-14/h4-8H,9-10H2,1-3H3/b18-6-. The number of methoxy groups -OCH3 is 3. The fourth-order valence-corrected chi connectivity index (χ4v) is 4.27. The van der Waals surface area contributed by atoms with Crippen molar-refractivity contribution in [1.29, 1.82) is 0 Å². The van der Waals surface area contributed by atoms with Crippen LogP contribution in [0.5, 0.6) is 28.7 Å². The Morgan fingerprint density at radius 2 is 1.68 bits per heavy atom. The summed E-state index contributed by atoms with van der Waals surface area (Å²) in [6, 6.07) is 6.69. The number of rotatable bonds is 6. The molecule has 2 aromatic carbocycles. The highest BCUT2D eigenvalue weighted by Gasteiger charge is 2.36. The average molecular weight is 464 g/mol. The molecule has 0 saturated carbocycles. The number of benzene rings is 2. The van der Waals surface area contributed by atoms with Gasteiger partial charge in [0.15, 0.2) is 23.0 Å². The van der Waals surface area contributed by atoms with Crippen molar-refractivity contribution in [2.45, 2.75) is 6.54 Å². The minimum Gasteiger partial charge on any atom is -0.493 e. The maximum absolute atomic E-state index is 12.9. The van der Waals surface area contributed by atoms with E-state index in [0.717, 1.165) is 16.7 Å². The van der Waals surface area contributed by atoms with Crippen molar-refractivity contribution in [3.8, 4) is 28.7 Å². The van der Waals surface area contributed by atoms with Crippen molar-refractivity contribution >= 4 is 40.6 Å². The summed E-state index contributed by atoms with van der Waals surface area (Å²) in [6.07, 6.45) is 1.61. The minimum absolute atomic E-state index is 0.0206. The summed E-state index contributed by atoms with van der Waals surface area (Å²) < 4.78 is 26.6. The summed E-state index contributed by atoms with van der Waals surface area (Å²) in [5.41, 5.74) is 1.21. The van der Waals surface area contributed by atoms with Crippen LogP contribution in [-0.2, 0) is 11.3 Å². The second kappa shape index (κ2) is 8.60. The predicted octanol–water partition coefficient (Wildman–Crippen LogP) is 4.33. The first-order valence-electron chi connectivity index (χ1n) is 9.08. The largest absolute Gasteiger partial charge is 0.493 e. The van der Waals surface area contributed by atoms with E-state index in [2.05, 4.69) is 0 Å². The lowest BCUT2D eigenvalue weighted by Gasteiger charge is -2.14. The number of carbonyl (C=O) groups excluding carboxylic acids is 2. The number of thioether (sulfide) groups is 1. The highest BCUT2D eigenvalue weighted by Crippen LogP contribution is 2.41. The summed E-state index contributed by atoms with van der Waals surface area (Å²) in [4.78, 5) is 26.9. The van der Waals surface area contributed by atoms with Gasteiger partial charge in [-0.2, -0.15) is 0 Å². The second-order valence-corrected chi connectivity index (χ2v) is 7.92. The van der Waals surface area contributed by atoms with Crippen molar-refractivity contribution in [2.24, 2.45) is 0 Å². The lowest BCUT2D eigenvalue weighted by atomic mass is 10.1. The van der Waals surface area contributed by atoms with Gasteiger partial charge in [-0.3, -0.25) is 14.5 Å². The predicted molar refractivity (Wildman–Crippen MR) is 115 cm³/mol. The molecule has 2 aromatic rings. The molecule has 162 valence electrons. The fourth-order valence-electron chi connectivity index (χ4n) is 3.22. The molecule has 2 heterocycles. The van der Waals surface area contributed by atoms with Crippen LogP contribution >= 0.6 is 23.4 Å². The molecule has 10 heteroatoms. The lowest BCUT2D eigenvalue weighted by molar-refractivity contribution is -0.123.